The SMILES string of the molecule is CC(C)(C)OC(=O)N1CC[C@H](N(c2ccc(C(=O)O)cc2)c2ccc(F)c(Cl)c2)C1. The van der Waals surface area contributed by atoms with Crippen LogP contribution in [0, 0.1) is 5.82 Å². The van der Waals surface area contributed by atoms with Crippen molar-refractivity contribution in [3.05, 3.63) is 58.9 Å². The molecule has 1 N–H and O–H groups in total. The smallest absolute Gasteiger partial charge is 0.410 e. The number of ether oxygens (including phenoxy) is 1. The Balaban J connectivity index is 1.91. The molecule has 3 rings (SSSR count). The minimum Gasteiger partial charge on any atom is -0.478 e. The number of carboxylic acid groups (broad SMARTS) is 1. The maximum atomic E-state index is 13.7. The first kappa shape index (κ1) is 21.9. The Morgan fingerprint density at radius 3 is 2.37 bits per heavy atom. The summed E-state index contributed by atoms with van der Waals surface area (Å²) in [5, 5.41) is 9.16. The van der Waals surface area contributed by atoms with Crippen LogP contribution in [0.3, 0.4) is 0 Å². The Bertz CT molecular complexity index is 943. The average molecular weight is 435 g/mol. The minimum absolute atomic E-state index is 0.0124. The van der Waals surface area contributed by atoms with Gasteiger partial charge in [0.25, 0.3) is 0 Å². The van der Waals surface area contributed by atoms with Gasteiger partial charge in [0.05, 0.1) is 16.6 Å². The Kier molecular flexibility index (Phi) is 6.22. The third-order valence-electron chi connectivity index (χ3n) is 4.75. The molecule has 0 aromatic heterocycles. The molecule has 1 heterocycles. The second kappa shape index (κ2) is 8.52. The van der Waals surface area contributed by atoms with Crippen LogP contribution in [-0.4, -0.2) is 46.8 Å². The van der Waals surface area contributed by atoms with Crippen molar-refractivity contribution in [3.8, 4) is 0 Å². The highest BCUT2D eigenvalue weighted by atomic mass is 35.5. The summed E-state index contributed by atoms with van der Waals surface area (Å²) in [7, 11) is 0. The number of carbonyl (C=O) groups is 2. The van der Waals surface area contributed by atoms with Gasteiger partial charge in [-0.15, -0.1) is 0 Å². The summed E-state index contributed by atoms with van der Waals surface area (Å²) in [6.45, 7) is 6.36. The molecule has 0 spiro atoms. The van der Waals surface area contributed by atoms with Gasteiger partial charge in [-0.05, 0) is 69.7 Å². The third kappa shape index (κ3) is 5.02. The fourth-order valence-electron chi connectivity index (χ4n) is 3.42. The fraction of sp³-hybridized carbons (Fsp3) is 0.364. The third-order valence-corrected chi connectivity index (χ3v) is 5.04. The number of hydrogen-bond acceptors (Lipinski definition) is 4. The van der Waals surface area contributed by atoms with Crippen molar-refractivity contribution >= 4 is 35.0 Å². The number of anilines is 2. The van der Waals surface area contributed by atoms with Crippen molar-refractivity contribution in [1.82, 2.24) is 4.90 Å². The standard InChI is InChI=1S/C22H24ClFN2O4/c1-22(2,3)30-21(29)25-11-10-17(13-25)26(16-8-9-19(24)18(23)12-16)15-6-4-14(5-7-15)20(27)28/h4-9,12,17H,10-11,13H2,1-3H3,(H,27,28)/t17-/m0/s1. The lowest BCUT2D eigenvalue weighted by Gasteiger charge is -2.32. The summed E-state index contributed by atoms with van der Waals surface area (Å²) < 4.78 is 19.2. The molecule has 0 radical (unpaired) electrons. The first-order chi connectivity index (χ1) is 14.0. The summed E-state index contributed by atoms with van der Waals surface area (Å²) >= 11 is 6.01. The molecule has 30 heavy (non-hydrogen) atoms. The number of hydrogen-bond donors (Lipinski definition) is 1. The highest BCUT2D eigenvalue weighted by Crippen LogP contribution is 2.34. The zero-order chi connectivity index (χ0) is 22.1. The van der Waals surface area contributed by atoms with Crippen LogP contribution in [0.1, 0.15) is 37.6 Å². The van der Waals surface area contributed by atoms with Crippen molar-refractivity contribution in [1.29, 1.82) is 0 Å². The van der Waals surface area contributed by atoms with Crippen LogP contribution in [0.25, 0.3) is 0 Å². The number of aromatic carboxylic acids is 1. The fourth-order valence-corrected chi connectivity index (χ4v) is 3.59. The molecular weight excluding hydrogens is 411 g/mol. The number of carbonyl (C=O) groups excluding carboxylic acids is 1. The second-order valence-corrected chi connectivity index (χ2v) is 8.60. The van der Waals surface area contributed by atoms with E-state index in [4.69, 9.17) is 21.4 Å². The molecule has 1 saturated heterocycles. The Morgan fingerprint density at radius 2 is 1.80 bits per heavy atom. The topological polar surface area (TPSA) is 70.1 Å². The van der Waals surface area contributed by atoms with Gasteiger partial charge in [0.1, 0.15) is 11.4 Å². The van der Waals surface area contributed by atoms with Crippen LogP contribution in [0.15, 0.2) is 42.5 Å². The van der Waals surface area contributed by atoms with Gasteiger partial charge in [0.2, 0.25) is 0 Å². The Hall–Kier alpha value is -2.80. The lowest BCUT2D eigenvalue weighted by molar-refractivity contribution is 0.0292. The monoisotopic (exact) mass is 434 g/mol. The van der Waals surface area contributed by atoms with Crippen molar-refractivity contribution in [2.45, 2.75) is 38.8 Å². The number of benzene rings is 2. The number of likely N-dealkylation sites (tertiary alicyclic amines) is 1. The largest absolute Gasteiger partial charge is 0.478 e. The highest BCUT2D eigenvalue weighted by molar-refractivity contribution is 6.31. The molecule has 1 atom stereocenters. The average Bonchev–Trinajstić information content (AvgIpc) is 3.14. The highest BCUT2D eigenvalue weighted by Gasteiger charge is 2.34. The normalized spacial score (nSPS) is 16.4. The van der Waals surface area contributed by atoms with E-state index in [2.05, 4.69) is 0 Å². The number of nitrogens with zero attached hydrogens (tertiary/aromatic N) is 2. The van der Waals surface area contributed by atoms with Gasteiger partial charge < -0.3 is 19.6 Å². The number of halogens is 2. The number of amides is 1. The summed E-state index contributed by atoms with van der Waals surface area (Å²) in [6.07, 6.45) is 0.276. The van der Waals surface area contributed by atoms with E-state index in [1.165, 1.54) is 24.3 Å². The number of carboxylic acids is 1. The lowest BCUT2D eigenvalue weighted by Crippen LogP contribution is -2.39. The summed E-state index contributed by atoms with van der Waals surface area (Å²) in [6, 6.07) is 10.7. The van der Waals surface area contributed by atoms with Gasteiger partial charge in [-0.2, -0.15) is 0 Å². The van der Waals surface area contributed by atoms with Crippen LogP contribution in [0.4, 0.5) is 20.6 Å². The quantitative estimate of drug-likeness (QED) is 0.704. The molecular formula is C22H24ClFN2O4. The van der Waals surface area contributed by atoms with E-state index in [9.17, 15) is 14.0 Å². The van der Waals surface area contributed by atoms with E-state index >= 15 is 0 Å². The van der Waals surface area contributed by atoms with Gasteiger partial charge in [0.15, 0.2) is 0 Å². The van der Waals surface area contributed by atoms with Crippen molar-refractivity contribution in [2.24, 2.45) is 0 Å². The van der Waals surface area contributed by atoms with E-state index < -0.39 is 17.4 Å². The molecule has 6 nitrogen and oxygen atoms in total. The van der Waals surface area contributed by atoms with Gasteiger partial charge in [0, 0.05) is 24.5 Å². The molecule has 0 saturated carbocycles. The summed E-state index contributed by atoms with van der Waals surface area (Å²) in [5.41, 5.74) is 0.948. The molecule has 2 aromatic rings. The van der Waals surface area contributed by atoms with E-state index in [-0.39, 0.29) is 22.7 Å². The molecule has 0 bridgehead atoms. The minimum atomic E-state index is -1.02. The van der Waals surface area contributed by atoms with Crippen molar-refractivity contribution in [3.63, 3.8) is 0 Å². The zero-order valence-electron chi connectivity index (χ0n) is 17.1. The molecule has 160 valence electrons. The molecule has 0 aliphatic carbocycles. The van der Waals surface area contributed by atoms with Crippen LogP contribution in [0.5, 0.6) is 0 Å². The van der Waals surface area contributed by atoms with E-state index in [0.717, 1.165) is 5.69 Å². The molecule has 1 fully saturated rings. The van der Waals surface area contributed by atoms with Crippen LogP contribution in [0.2, 0.25) is 5.02 Å². The Morgan fingerprint density at radius 1 is 1.17 bits per heavy atom. The molecule has 2 aromatic carbocycles. The number of rotatable bonds is 4. The first-order valence-electron chi connectivity index (χ1n) is 9.61. The molecule has 1 aliphatic rings. The van der Waals surface area contributed by atoms with Crippen LogP contribution >= 0.6 is 11.6 Å². The predicted molar refractivity (Wildman–Crippen MR) is 113 cm³/mol. The van der Waals surface area contributed by atoms with Gasteiger partial charge in [-0.3, -0.25) is 0 Å². The molecule has 1 amide bonds. The van der Waals surface area contributed by atoms with Crippen LogP contribution in [-0.2, 0) is 4.74 Å². The predicted octanol–water partition coefficient (Wildman–Crippen LogP) is 5.32. The molecule has 1 aliphatic heterocycles. The van der Waals surface area contributed by atoms with E-state index in [1.807, 2.05) is 25.7 Å². The maximum absolute atomic E-state index is 13.7. The van der Waals surface area contributed by atoms with Crippen molar-refractivity contribution in [2.75, 3.05) is 18.0 Å². The molecule has 8 heteroatoms. The maximum Gasteiger partial charge on any atom is 0.410 e. The van der Waals surface area contributed by atoms with Gasteiger partial charge in [-0.1, -0.05) is 11.6 Å². The molecule has 0 unspecified atom stereocenters. The first-order valence-corrected chi connectivity index (χ1v) is 9.98. The summed E-state index contributed by atoms with van der Waals surface area (Å²) in [5.74, 6) is -1.54. The van der Waals surface area contributed by atoms with E-state index in [0.29, 0.717) is 25.2 Å². The van der Waals surface area contributed by atoms with Crippen LogP contribution < -0.4 is 4.90 Å². The van der Waals surface area contributed by atoms with Crippen molar-refractivity contribution < 1.29 is 23.8 Å². The Labute approximate surface area is 179 Å². The van der Waals surface area contributed by atoms with E-state index in [1.54, 1.807) is 23.1 Å². The summed E-state index contributed by atoms with van der Waals surface area (Å²) in [4.78, 5) is 27.2. The lowest BCUT2D eigenvalue weighted by atomic mass is 10.1. The van der Waals surface area contributed by atoms with Gasteiger partial charge in [-0.25, -0.2) is 14.0 Å². The van der Waals surface area contributed by atoms with Gasteiger partial charge >= 0.3 is 12.1 Å². The second-order valence-electron chi connectivity index (χ2n) is 8.19. The zero-order valence-corrected chi connectivity index (χ0v) is 17.8.